The standard InChI is InChI=1S/C20H24F2N8O/c1-5-29(14(3)10-23-19-24-11-15(12-25-19)20(4,21)22)18(31)17-16(7-6-13(2)28-17)30-26-8-9-27-30/h6-9,11-12,14H,5,10H2,1-4H3,(H,23,24,25)/t14-/m0/s1. The van der Waals surface area contributed by atoms with Crippen LogP contribution in [0.3, 0.4) is 0 Å². The van der Waals surface area contributed by atoms with Gasteiger partial charge in [-0.2, -0.15) is 10.2 Å². The largest absolute Gasteiger partial charge is 0.352 e. The van der Waals surface area contributed by atoms with E-state index in [2.05, 4.69) is 30.5 Å². The van der Waals surface area contributed by atoms with E-state index in [-0.39, 0.29) is 29.2 Å². The van der Waals surface area contributed by atoms with Gasteiger partial charge in [-0.3, -0.25) is 4.79 Å². The summed E-state index contributed by atoms with van der Waals surface area (Å²) in [5.74, 6) is -3.06. The van der Waals surface area contributed by atoms with E-state index in [1.807, 2.05) is 13.8 Å². The van der Waals surface area contributed by atoms with E-state index in [9.17, 15) is 13.6 Å². The summed E-state index contributed by atoms with van der Waals surface area (Å²) < 4.78 is 26.6. The van der Waals surface area contributed by atoms with Gasteiger partial charge < -0.3 is 10.2 Å². The third kappa shape index (κ3) is 5.16. The van der Waals surface area contributed by atoms with Crippen molar-refractivity contribution in [2.45, 2.75) is 39.7 Å². The molecule has 0 unspecified atom stereocenters. The second kappa shape index (κ2) is 9.11. The van der Waals surface area contributed by atoms with Crippen molar-refractivity contribution in [3.8, 4) is 5.69 Å². The Bertz CT molecular complexity index is 1020. The highest BCUT2D eigenvalue weighted by Gasteiger charge is 2.26. The van der Waals surface area contributed by atoms with E-state index in [1.165, 1.54) is 17.2 Å². The Balaban J connectivity index is 1.74. The molecule has 0 aliphatic rings. The highest BCUT2D eigenvalue weighted by atomic mass is 19.3. The van der Waals surface area contributed by atoms with Crippen molar-refractivity contribution >= 4 is 11.9 Å². The average Bonchev–Trinajstić information content (AvgIpc) is 3.27. The Morgan fingerprint density at radius 1 is 1.23 bits per heavy atom. The summed E-state index contributed by atoms with van der Waals surface area (Å²) in [6.45, 7) is 7.08. The number of anilines is 1. The van der Waals surface area contributed by atoms with Gasteiger partial charge in [0.1, 0.15) is 5.69 Å². The molecule has 9 nitrogen and oxygen atoms in total. The Labute approximate surface area is 178 Å². The number of pyridine rings is 1. The number of carbonyl (C=O) groups excluding carboxylic acids is 1. The van der Waals surface area contributed by atoms with E-state index in [1.54, 1.807) is 24.0 Å². The first kappa shape index (κ1) is 22.2. The monoisotopic (exact) mass is 430 g/mol. The summed E-state index contributed by atoms with van der Waals surface area (Å²) in [5.41, 5.74) is 1.17. The number of alkyl halides is 2. The Hall–Kier alpha value is -3.50. The normalized spacial score (nSPS) is 12.5. The Morgan fingerprint density at radius 3 is 2.45 bits per heavy atom. The molecule has 31 heavy (non-hydrogen) atoms. The van der Waals surface area contributed by atoms with Gasteiger partial charge in [-0.1, -0.05) is 0 Å². The van der Waals surface area contributed by atoms with Crippen LogP contribution in [-0.4, -0.2) is 59.9 Å². The lowest BCUT2D eigenvalue weighted by Gasteiger charge is -2.28. The van der Waals surface area contributed by atoms with Crippen molar-refractivity contribution in [3.63, 3.8) is 0 Å². The van der Waals surface area contributed by atoms with E-state index in [0.717, 1.165) is 19.3 Å². The van der Waals surface area contributed by atoms with Gasteiger partial charge in [0.05, 0.1) is 18.0 Å². The molecule has 3 aromatic rings. The predicted octanol–water partition coefficient (Wildman–Crippen LogP) is 2.84. The van der Waals surface area contributed by atoms with Crippen LogP contribution in [0.15, 0.2) is 36.9 Å². The zero-order valence-electron chi connectivity index (χ0n) is 17.8. The van der Waals surface area contributed by atoms with Crippen LogP contribution in [0, 0.1) is 6.92 Å². The smallest absolute Gasteiger partial charge is 0.275 e. The number of nitrogens with zero attached hydrogens (tertiary/aromatic N) is 7. The van der Waals surface area contributed by atoms with Crippen molar-refractivity contribution in [2.75, 3.05) is 18.4 Å². The van der Waals surface area contributed by atoms with Crippen LogP contribution >= 0.6 is 0 Å². The SMILES string of the molecule is CCN(C(=O)c1nc(C)ccc1-n1nccn1)[C@@H](C)CNc1ncc(C(C)(F)F)cn1. The molecule has 3 rings (SSSR count). The van der Waals surface area contributed by atoms with Gasteiger partial charge in [0.25, 0.3) is 11.8 Å². The fourth-order valence-electron chi connectivity index (χ4n) is 2.99. The van der Waals surface area contributed by atoms with E-state index >= 15 is 0 Å². The maximum absolute atomic E-state index is 13.3. The number of amides is 1. The van der Waals surface area contributed by atoms with Gasteiger partial charge in [-0.25, -0.2) is 23.7 Å². The van der Waals surface area contributed by atoms with Crippen LogP contribution in [0.4, 0.5) is 14.7 Å². The second-order valence-electron chi connectivity index (χ2n) is 7.14. The molecule has 3 heterocycles. The first-order chi connectivity index (χ1) is 14.7. The third-order valence-electron chi connectivity index (χ3n) is 4.70. The maximum Gasteiger partial charge on any atom is 0.275 e. The summed E-state index contributed by atoms with van der Waals surface area (Å²) in [6.07, 6.45) is 5.22. The summed E-state index contributed by atoms with van der Waals surface area (Å²) >= 11 is 0. The molecule has 1 N–H and O–H groups in total. The molecule has 0 saturated heterocycles. The number of likely N-dealkylation sites (N-methyl/N-ethyl adjacent to an activating group) is 1. The molecule has 0 radical (unpaired) electrons. The number of nitrogens with one attached hydrogen (secondary N) is 1. The summed E-state index contributed by atoms with van der Waals surface area (Å²) in [7, 11) is 0. The van der Waals surface area contributed by atoms with Gasteiger partial charge in [0.15, 0.2) is 5.69 Å². The van der Waals surface area contributed by atoms with Crippen LogP contribution < -0.4 is 5.32 Å². The highest BCUT2D eigenvalue weighted by Crippen LogP contribution is 2.25. The van der Waals surface area contributed by atoms with Crippen molar-refractivity contribution in [3.05, 3.63) is 53.9 Å². The number of hydrogen-bond donors (Lipinski definition) is 1. The highest BCUT2D eigenvalue weighted by molar-refractivity contribution is 5.96. The van der Waals surface area contributed by atoms with Crippen molar-refractivity contribution in [2.24, 2.45) is 0 Å². The molecule has 0 aliphatic carbocycles. The number of aromatic nitrogens is 6. The van der Waals surface area contributed by atoms with Crippen molar-refractivity contribution < 1.29 is 13.6 Å². The van der Waals surface area contributed by atoms with Gasteiger partial charge in [-0.05, 0) is 32.9 Å². The van der Waals surface area contributed by atoms with Crippen LogP contribution in [0.2, 0.25) is 0 Å². The first-order valence-corrected chi connectivity index (χ1v) is 9.80. The fourth-order valence-corrected chi connectivity index (χ4v) is 2.99. The molecular weight excluding hydrogens is 406 g/mol. The van der Waals surface area contributed by atoms with Gasteiger partial charge >= 0.3 is 0 Å². The molecule has 0 fully saturated rings. The molecule has 0 saturated carbocycles. The molecule has 11 heteroatoms. The van der Waals surface area contributed by atoms with Gasteiger partial charge in [-0.15, -0.1) is 4.80 Å². The number of rotatable bonds is 8. The topological polar surface area (TPSA) is 102 Å². The van der Waals surface area contributed by atoms with Crippen molar-refractivity contribution in [1.82, 2.24) is 34.8 Å². The summed E-state index contributed by atoms with van der Waals surface area (Å²) in [4.78, 5) is 28.6. The minimum absolute atomic E-state index is 0.207. The van der Waals surface area contributed by atoms with Crippen LogP contribution in [0.5, 0.6) is 0 Å². The molecule has 0 aliphatic heterocycles. The second-order valence-corrected chi connectivity index (χ2v) is 7.14. The van der Waals surface area contributed by atoms with E-state index < -0.39 is 5.92 Å². The molecule has 0 spiro atoms. The van der Waals surface area contributed by atoms with Crippen molar-refractivity contribution in [1.29, 1.82) is 0 Å². The third-order valence-corrected chi connectivity index (χ3v) is 4.70. The number of halogens is 2. The molecule has 164 valence electrons. The molecule has 1 atom stereocenters. The quantitative estimate of drug-likeness (QED) is 0.586. The van der Waals surface area contributed by atoms with E-state index in [0.29, 0.717) is 24.5 Å². The van der Waals surface area contributed by atoms with Gasteiger partial charge in [0.2, 0.25) is 5.95 Å². The molecule has 0 bridgehead atoms. The number of aryl methyl sites for hydroxylation is 1. The molecule has 0 aromatic carbocycles. The maximum atomic E-state index is 13.3. The van der Waals surface area contributed by atoms with Crippen LogP contribution in [0.25, 0.3) is 5.69 Å². The molecule has 1 amide bonds. The zero-order valence-corrected chi connectivity index (χ0v) is 17.8. The lowest BCUT2D eigenvalue weighted by Crippen LogP contribution is -2.43. The predicted molar refractivity (Wildman–Crippen MR) is 110 cm³/mol. The first-order valence-electron chi connectivity index (χ1n) is 9.80. The minimum atomic E-state index is -3.00. The minimum Gasteiger partial charge on any atom is -0.352 e. The van der Waals surface area contributed by atoms with Crippen LogP contribution in [-0.2, 0) is 5.92 Å². The molecular formula is C20H24F2N8O. The summed E-state index contributed by atoms with van der Waals surface area (Å²) in [5, 5.41) is 11.2. The van der Waals surface area contributed by atoms with E-state index in [4.69, 9.17) is 0 Å². The van der Waals surface area contributed by atoms with Gasteiger partial charge in [0, 0.05) is 44.1 Å². The zero-order chi connectivity index (χ0) is 22.6. The fraction of sp³-hybridized carbons (Fsp3) is 0.400. The Kier molecular flexibility index (Phi) is 6.52. The lowest BCUT2D eigenvalue weighted by atomic mass is 10.2. The van der Waals surface area contributed by atoms with Crippen LogP contribution in [0.1, 0.15) is 42.5 Å². The summed E-state index contributed by atoms with van der Waals surface area (Å²) in [6, 6.07) is 3.29. The molecule has 3 aromatic heterocycles. The Morgan fingerprint density at radius 2 is 1.87 bits per heavy atom. The number of hydrogen-bond acceptors (Lipinski definition) is 7. The lowest BCUT2D eigenvalue weighted by molar-refractivity contribution is 0.0167. The average molecular weight is 430 g/mol. The number of carbonyl (C=O) groups is 1.